The predicted molar refractivity (Wildman–Crippen MR) is 71.8 cm³/mol. The van der Waals surface area contributed by atoms with Crippen LogP contribution in [0.1, 0.15) is 22.2 Å². The molecule has 0 N–H and O–H groups in total. The summed E-state index contributed by atoms with van der Waals surface area (Å²) >= 11 is 1.56. The summed E-state index contributed by atoms with van der Waals surface area (Å²) in [6.45, 7) is 1.68. The molecule has 1 heterocycles. The maximum Gasteiger partial charge on any atom is 0.280 e. The molecule has 0 saturated carbocycles. The van der Waals surface area contributed by atoms with Gasteiger partial charge in [-0.1, -0.05) is 6.07 Å². The number of nitro groups is 1. The van der Waals surface area contributed by atoms with Gasteiger partial charge >= 0.3 is 0 Å². The van der Waals surface area contributed by atoms with Gasteiger partial charge in [-0.25, -0.2) is 0 Å². The third-order valence-electron chi connectivity index (χ3n) is 2.51. The number of hydrogen-bond donors (Lipinski definition) is 0. The molecule has 0 bridgehead atoms. The number of Topliss-reactive ketones (excluding diaryl/α,β-unsaturated/α-hetero) is 1. The number of carbonyl (C=O) groups excluding carboxylic acids is 1. The van der Waals surface area contributed by atoms with E-state index in [1.165, 1.54) is 25.1 Å². The first-order chi connectivity index (χ1) is 9.08. The number of ether oxygens (including phenoxy) is 1. The molecule has 0 radical (unpaired) electrons. The van der Waals surface area contributed by atoms with E-state index in [1.807, 2.05) is 17.5 Å². The second-order valence-corrected chi connectivity index (χ2v) is 4.89. The van der Waals surface area contributed by atoms with E-state index in [2.05, 4.69) is 0 Å². The zero-order valence-corrected chi connectivity index (χ0v) is 11.0. The Kier molecular flexibility index (Phi) is 3.91. The highest BCUT2D eigenvalue weighted by molar-refractivity contribution is 7.09. The molecule has 0 aliphatic heterocycles. The Morgan fingerprint density at radius 3 is 2.79 bits per heavy atom. The Labute approximate surface area is 113 Å². The number of benzene rings is 1. The van der Waals surface area contributed by atoms with E-state index in [0.29, 0.717) is 12.4 Å². The Hall–Kier alpha value is -2.21. The van der Waals surface area contributed by atoms with Crippen molar-refractivity contribution in [3.05, 3.63) is 56.3 Å². The monoisotopic (exact) mass is 277 g/mol. The Morgan fingerprint density at radius 2 is 2.21 bits per heavy atom. The average molecular weight is 277 g/mol. The molecular formula is C13H11NO4S. The fraction of sp³-hybridized carbons (Fsp3) is 0.154. The van der Waals surface area contributed by atoms with Crippen LogP contribution in [0.25, 0.3) is 0 Å². The van der Waals surface area contributed by atoms with E-state index in [0.717, 1.165) is 4.88 Å². The summed E-state index contributed by atoms with van der Waals surface area (Å²) in [7, 11) is 0. The third-order valence-corrected chi connectivity index (χ3v) is 3.36. The van der Waals surface area contributed by atoms with Crippen molar-refractivity contribution < 1.29 is 14.5 Å². The standard InChI is InChI=1S/C13H11NO4S/c1-9(15)12-7-10(4-5-13(12)14(16)17)18-8-11-3-2-6-19-11/h2-7H,8H2,1H3. The molecule has 0 aliphatic carbocycles. The lowest BCUT2D eigenvalue weighted by molar-refractivity contribution is -0.385. The first kappa shape index (κ1) is 13.2. The van der Waals surface area contributed by atoms with Crippen molar-refractivity contribution in [1.82, 2.24) is 0 Å². The third kappa shape index (κ3) is 3.17. The molecule has 0 fully saturated rings. The van der Waals surface area contributed by atoms with E-state index in [4.69, 9.17) is 4.74 Å². The van der Waals surface area contributed by atoms with Gasteiger partial charge in [0.25, 0.3) is 5.69 Å². The van der Waals surface area contributed by atoms with Gasteiger partial charge in [0.05, 0.1) is 10.5 Å². The first-order valence-electron chi connectivity index (χ1n) is 5.52. The second-order valence-electron chi connectivity index (χ2n) is 3.86. The smallest absolute Gasteiger partial charge is 0.280 e. The molecule has 0 saturated heterocycles. The fourth-order valence-electron chi connectivity index (χ4n) is 1.60. The molecule has 5 nitrogen and oxygen atoms in total. The number of carbonyl (C=O) groups is 1. The van der Waals surface area contributed by atoms with Gasteiger partial charge < -0.3 is 4.74 Å². The molecule has 0 aliphatic rings. The fourth-order valence-corrected chi connectivity index (χ4v) is 2.21. The normalized spacial score (nSPS) is 10.2. The van der Waals surface area contributed by atoms with Crippen molar-refractivity contribution >= 4 is 22.8 Å². The van der Waals surface area contributed by atoms with Crippen LogP contribution in [0.15, 0.2) is 35.7 Å². The molecule has 2 rings (SSSR count). The lowest BCUT2D eigenvalue weighted by atomic mass is 10.1. The molecule has 98 valence electrons. The van der Waals surface area contributed by atoms with Crippen LogP contribution in [0.4, 0.5) is 5.69 Å². The van der Waals surface area contributed by atoms with E-state index in [1.54, 1.807) is 11.3 Å². The number of thiophene rings is 1. The van der Waals surface area contributed by atoms with Gasteiger partial charge in [-0.15, -0.1) is 11.3 Å². The maximum absolute atomic E-state index is 11.4. The lowest BCUT2D eigenvalue weighted by Crippen LogP contribution is -2.01. The number of nitro benzene ring substituents is 1. The Morgan fingerprint density at radius 1 is 1.42 bits per heavy atom. The SMILES string of the molecule is CC(=O)c1cc(OCc2cccs2)ccc1[N+](=O)[O-]. The highest BCUT2D eigenvalue weighted by atomic mass is 32.1. The van der Waals surface area contributed by atoms with Crippen molar-refractivity contribution in [1.29, 1.82) is 0 Å². The minimum Gasteiger partial charge on any atom is -0.488 e. The van der Waals surface area contributed by atoms with Gasteiger partial charge in [0.1, 0.15) is 12.4 Å². The lowest BCUT2D eigenvalue weighted by Gasteiger charge is -2.06. The zero-order valence-electron chi connectivity index (χ0n) is 10.2. The second kappa shape index (κ2) is 5.62. The molecule has 0 amide bonds. The zero-order chi connectivity index (χ0) is 13.8. The topological polar surface area (TPSA) is 69.4 Å². The van der Waals surface area contributed by atoms with Crippen molar-refractivity contribution in [3.8, 4) is 5.75 Å². The average Bonchev–Trinajstić information content (AvgIpc) is 2.88. The van der Waals surface area contributed by atoms with Gasteiger partial charge in [0.2, 0.25) is 0 Å². The molecule has 0 atom stereocenters. The van der Waals surface area contributed by atoms with Crippen LogP contribution < -0.4 is 4.74 Å². The summed E-state index contributed by atoms with van der Waals surface area (Å²) in [5.41, 5.74) is -0.135. The minimum atomic E-state index is -0.570. The van der Waals surface area contributed by atoms with Gasteiger partial charge in [-0.3, -0.25) is 14.9 Å². The number of ketones is 1. The molecule has 2 aromatic rings. The van der Waals surface area contributed by atoms with Crippen LogP contribution in [-0.4, -0.2) is 10.7 Å². The van der Waals surface area contributed by atoms with Gasteiger partial charge in [-0.2, -0.15) is 0 Å². The summed E-state index contributed by atoms with van der Waals surface area (Å²) in [5.74, 6) is 0.0949. The summed E-state index contributed by atoms with van der Waals surface area (Å²) in [6.07, 6.45) is 0. The predicted octanol–water partition coefficient (Wildman–Crippen LogP) is 3.44. The number of rotatable bonds is 5. The Bertz CT molecular complexity index is 607. The molecule has 0 unspecified atom stereocenters. The molecular weight excluding hydrogens is 266 g/mol. The van der Waals surface area contributed by atoms with Crippen molar-refractivity contribution in [2.75, 3.05) is 0 Å². The van der Waals surface area contributed by atoms with Crippen molar-refractivity contribution in [2.45, 2.75) is 13.5 Å². The highest BCUT2D eigenvalue weighted by Crippen LogP contribution is 2.25. The van der Waals surface area contributed by atoms with Gasteiger partial charge in [0.15, 0.2) is 5.78 Å². The van der Waals surface area contributed by atoms with Crippen molar-refractivity contribution in [3.63, 3.8) is 0 Å². The molecule has 0 spiro atoms. The summed E-state index contributed by atoms with van der Waals surface area (Å²) in [5, 5.41) is 12.7. The molecule has 6 heteroatoms. The first-order valence-corrected chi connectivity index (χ1v) is 6.40. The van der Waals surface area contributed by atoms with E-state index in [-0.39, 0.29) is 17.0 Å². The minimum absolute atomic E-state index is 0.0636. The number of nitrogens with zero attached hydrogens (tertiary/aromatic N) is 1. The largest absolute Gasteiger partial charge is 0.488 e. The summed E-state index contributed by atoms with van der Waals surface area (Å²) in [4.78, 5) is 22.7. The van der Waals surface area contributed by atoms with Crippen LogP contribution >= 0.6 is 11.3 Å². The molecule has 19 heavy (non-hydrogen) atoms. The number of hydrogen-bond acceptors (Lipinski definition) is 5. The van der Waals surface area contributed by atoms with Crippen LogP contribution in [0.5, 0.6) is 5.75 Å². The van der Waals surface area contributed by atoms with Gasteiger partial charge in [0, 0.05) is 10.9 Å². The van der Waals surface area contributed by atoms with Crippen LogP contribution in [0.2, 0.25) is 0 Å². The van der Waals surface area contributed by atoms with Crippen molar-refractivity contribution in [2.24, 2.45) is 0 Å². The summed E-state index contributed by atoms with van der Waals surface area (Å²) < 4.78 is 5.51. The van der Waals surface area contributed by atoms with Crippen LogP contribution in [0, 0.1) is 10.1 Å². The van der Waals surface area contributed by atoms with E-state index in [9.17, 15) is 14.9 Å². The summed E-state index contributed by atoms with van der Waals surface area (Å²) in [6, 6.07) is 8.05. The molecule has 1 aromatic heterocycles. The van der Waals surface area contributed by atoms with Gasteiger partial charge in [-0.05, 0) is 30.5 Å². The van der Waals surface area contributed by atoms with E-state index >= 15 is 0 Å². The Balaban J connectivity index is 2.20. The van der Waals surface area contributed by atoms with E-state index < -0.39 is 4.92 Å². The maximum atomic E-state index is 11.4. The van der Waals surface area contributed by atoms with Crippen LogP contribution in [0.3, 0.4) is 0 Å². The quantitative estimate of drug-likeness (QED) is 0.477. The molecule has 1 aromatic carbocycles. The highest BCUT2D eigenvalue weighted by Gasteiger charge is 2.18. The van der Waals surface area contributed by atoms with Crippen LogP contribution in [-0.2, 0) is 6.61 Å².